The van der Waals surface area contributed by atoms with Crippen molar-refractivity contribution in [3.63, 3.8) is 0 Å². The van der Waals surface area contributed by atoms with Gasteiger partial charge in [-0.05, 0) is 71.8 Å². The maximum Gasteiger partial charge on any atom is 0.0234 e. The second-order valence-electron chi connectivity index (χ2n) is 8.05. The van der Waals surface area contributed by atoms with Crippen molar-refractivity contribution in [2.75, 3.05) is 33.2 Å². The summed E-state index contributed by atoms with van der Waals surface area (Å²) in [6.07, 6.45) is 5.42. The quantitative estimate of drug-likeness (QED) is 0.819. The van der Waals surface area contributed by atoms with Crippen molar-refractivity contribution in [3.05, 3.63) is 35.9 Å². The summed E-state index contributed by atoms with van der Waals surface area (Å²) in [6, 6.07) is 13.1. The Bertz CT molecular complexity index is 479. The van der Waals surface area contributed by atoms with Gasteiger partial charge in [0, 0.05) is 31.2 Å². The van der Waals surface area contributed by atoms with Gasteiger partial charge in [0.2, 0.25) is 0 Å². The van der Waals surface area contributed by atoms with Crippen LogP contribution in [-0.4, -0.2) is 66.1 Å². The number of benzene rings is 1. The van der Waals surface area contributed by atoms with E-state index in [1.54, 1.807) is 0 Å². The fourth-order valence-electron chi connectivity index (χ4n) is 4.44. The molecule has 0 saturated carbocycles. The van der Waals surface area contributed by atoms with E-state index in [0.29, 0.717) is 12.1 Å². The Kier molecular flexibility index (Phi) is 6.31. The topological polar surface area (TPSA) is 9.72 Å². The van der Waals surface area contributed by atoms with E-state index >= 15 is 0 Å². The summed E-state index contributed by atoms with van der Waals surface area (Å²) >= 11 is 0. The van der Waals surface area contributed by atoms with E-state index < -0.39 is 0 Å². The molecule has 2 aliphatic heterocycles. The molecule has 3 nitrogen and oxygen atoms in total. The van der Waals surface area contributed by atoms with Gasteiger partial charge < -0.3 is 4.90 Å². The highest BCUT2D eigenvalue weighted by Gasteiger charge is 2.30. The smallest absolute Gasteiger partial charge is 0.0234 e. The molecule has 3 rings (SSSR count). The Balaban J connectivity index is 1.51. The largest absolute Gasteiger partial charge is 0.301 e. The molecule has 0 bridgehead atoms. The zero-order valence-corrected chi connectivity index (χ0v) is 15.8. The van der Waals surface area contributed by atoms with Crippen LogP contribution in [0.4, 0.5) is 0 Å². The van der Waals surface area contributed by atoms with Crippen LogP contribution in [0.15, 0.2) is 30.3 Å². The number of nitrogens with zero attached hydrogens (tertiary/aromatic N) is 3. The van der Waals surface area contributed by atoms with Crippen molar-refractivity contribution >= 4 is 0 Å². The minimum atomic E-state index is 0.706. The molecule has 0 N–H and O–H groups in total. The minimum Gasteiger partial charge on any atom is -0.301 e. The molecule has 2 saturated heterocycles. The van der Waals surface area contributed by atoms with Gasteiger partial charge in [-0.3, -0.25) is 9.80 Å². The van der Waals surface area contributed by atoms with Crippen molar-refractivity contribution in [3.8, 4) is 0 Å². The van der Waals surface area contributed by atoms with Gasteiger partial charge in [0.05, 0.1) is 0 Å². The molecule has 2 fully saturated rings. The summed E-state index contributed by atoms with van der Waals surface area (Å²) in [5.41, 5.74) is 1.43. The van der Waals surface area contributed by atoms with E-state index in [4.69, 9.17) is 0 Å². The van der Waals surface area contributed by atoms with Crippen molar-refractivity contribution < 1.29 is 0 Å². The lowest BCUT2D eigenvalue weighted by molar-refractivity contribution is 0.0437. The summed E-state index contributed by atoms with van der Waals surface area (Å²) in [6.45, 7) is 10.9. The maximum absolute atomic E-state index is 2.80. The van der Waals surface area contributed by atoms with Gasteiger partial charge in [-0.2, -0.15) is 0 Å². The molecule has 1 aromatic rings. The van der Waals surface area contributed by atoms with Crippen LogP contribution in [0.1, 0.15) is 45.1 Å². The zero-order valence-electron chi connectivity index (χ0n) is 15.8. The normalized spacial score (nSPS) is 24.8. The number of piperidine rings is 2. The predicted octanol–water partition coefficient (Wildman–Crippen LogP) is 3.46. The molecule has 2 heterocycles. The fraction of sp³-hybridized carbons (Fsp3) is 0.714. The highest BCUT2D eigenvalue weighted by atomic mass is 15.3. The Morgan fingerprint density at radius 1 is 1.04 bits per heavy atom. The van der Waals surface area contributed by atoms with Crippen molar-refractivity contribution in [2.24, 2.45) is 0 Å². The van der Waals surface area contributed by atoms with Gasteiger partial charge in [0.25, 0.3) is 0 Å². The molecule has 0 spiro atoms. The molecule has 0 aromatic heterocycles. The summed E-state index contributed by atoms with van der Waals surface area (Å²) in [5.74, 6) is 0. The van der Waals surface area contributed by atoms with E-state index in [-0.39, 0.29) is 0 Å². The minimum absolute atomic E-state index is 0.706. The summed E-state index contributed by atoms with van der Waals surface area (Å²) in [5, 5.41) is 0. The van der Waals surface area contributed by atoms with Gasteiger partial charge in [-0.1, -0.05) is 30.3 Å². The molecule has 24 heavy (non-hydrogen) atoms. The van der Waals surface area contributed by atoms with Crippen LogP contribution in [0.2, 0.25) is 0 Å². The Labute approximate surface area is 148 Å². The molecule has 0 amide bonds. The average molecular weight is 330 g/mol. The van der Waals surface area contributed by atoms with Gasteiger partial charge in [0.1, 0.15) is 0 Å². The number of rotatable bonds is 5. The lowest BCUT2D eigenvalue weighted by Crippen LogP contribution is -2.53. The second-order valence-corrected chi connectivity index (χ2v) is 8.05. The fourth-order valence-corrected chi connectivity index (χ4v) is 4.44. The van der Waals surface area contributed by atoms with Crippen LogP contribution in [0.3, 0.4) is 0 Å². The first kappa shape index (κ1) is 17.9. The van der Waals surface area contributed by atoms with Crippen LogP contribution >= 0.6 is 0 Å². The number of likely N-dealkylation sites (tertiary alicyclic amines) is 2. The third-order valence-electron chi connectivity index (χ3n) is 6.07. The lowest BCUT2D eigenvalue weighted by Gasteiger charge is -2.45. The van der Waals surface area contributed by atoms with Crippen LogP contribution in [-0.2, 0) is 6.54 Å². The first-order valence-electron chi connectivity index (χ1n) is 9.85. The number of hydrogen-bond donors (Lipinski definition) is 0. The van der Waals surface area contributed by atoms with Gasteiger partial charge in [-0.15, -0.1) is 0 Å². The predicted molar refractivity (Wildman–Crippen MR) is 102 cm³/mol. The summed E-state index contributed by atoms with van der Waals surface area (Å²) < 4.78 is 0. The Hall–Kier alpha value is -0.900. The molecule has 1 unspecified atom stereocenters. The van der Waals surface area contributed by atoms with Crippen LogP contribution in [0.5, 0.6) is 0 Å². The first-order valence-corrected chi connectivity index (χ1v) is 9.85. The second kappa shape index (κ2) is 8.46. The third-order valence-corrected chi connectivity index (χ3v) is 6.07. The monoisotopic (exact) mass is 329 g/mol. The molecule has 0 radical (unpaired) electrons. The van der Waals surface area contributed by atoms with E-state index in [2.05, 4.69) is 65.9 Å². The van der Waals surface area contributed by atoms with Crippen molar-refractivity contribution in [1.82, 2.24) is 14.7 Å². The molecule has 1 aromatic carbocycles. The summed E-state index contributed by atoms with van der Waals surface area (Å²) in [4.78, 5) is 8.01. The Morgan fingerprint density at radius 3 is 2.42 bits per heavy atom. The van der Waals surface area contributed by atoms with E-state index in [0.717, 1.165) is 12.6 Å². The number of likely N-dealkylation sites (N-methyl/N-ethyl adjacent to an activating group) is 1. The maximum atomic E-state index is 2.80. The van der Waals surface area contributed by atoms with Crippen molar-refractivity contribution in [1.29, 1.82) is 0 Å². The third kappa shape index (κ3) is 4.59. The van der Waals surface area contributed by atoms with Gasteiger partial charge in [0.15, 0.2) is 0 Å². The molecule has 2 aliphatic rings. The molecule has 0 aliphatic carbocycles. The lowest BCUT2D eigenvalue weighted by atomic mass is 9.96. The first-order chi connectivity index (χ1) is 11.6. The zero-order chi connectivity index (χ0) is 16.9. The van der Waals surface area contributed by atoms with Gasteiger partial charge in [-0.25, -0.2) is 0 Å². The van der Waals surface area contributed by atoms with Crippen molar-refractivity contribution in [2.45, 2.75) is 64.2 Å². The number of hydrogen-bond acceptors (Lipinski definition) is 3. The van der Waals surface area contributed by atoms with Crippen LogP contribution in [0, 0.1) is 0 Å². The summed E-state index contributed by atoms with van der Waals surface area (Å²) in [7, 11) is 2.31. The van der Waals surface area contributed by atoms with E-state index in [1.807, 2.05) is 0 Å². The van der Waals surface area contributed by atoms with E-state index in [9.17, 15) is 0 Å². The van der Waals surface area contributed by atoms with E-state index in [1.165, 1.54) is 57.4 Å². The molecular formula is C21H35N3. The van der Waals surface area contributed by atoms with Crippen LogP contribution < -0.4 is 0 Å². The molecule has 134 valence electrons. The Morgan fingerprint density at radius 2 is 1.75 bits per heavy atom. The average Bonchev–Trinajstić information content (AvgIpc) is 2.63. The molecule has 3 heteroatoms. The van der Waals surface area contributed by atoms with Gasteiger partial charge >= 0.3 is 0 Å². The standard InChI is InChI=1S/C21H35N3/c1-18(2)23-14-11-20(12-15-23)24-13-7-10-21(17-24)22(3)16-19-8-5-4-6-9-19/h4-6,8-9,18,20-21H,7,10-17H2,1-3H3. The molecule has 1 atom stereocenters. The highest BCUT2D eigenvalue weighted by Crippen LogP contribution is 2.24. The highest BCUT2D eigenvalue weighted by molar-refractivity contribution is 5.14. The molecular weight excluding hydrogens is 294 g/mol. The SMILES string of the molecule is CC(C)N1CCC(N2CCCC(N(C)Cc3ccccc3)C2)CC1. The van der Waals surface area contributed by atoms with Crippen LogP contribution in [0.25, 0.3) is 0 Å².